The Morgan fingerprint density at radius 2 is 1.62 bits per heavy atom. The van der Waals surface area contributed by atoms with Crippen LogP contribution in [0.5, 0.6) is 11.5 Å². The third-order valence-corrected chi connectivity index (χ3v) is 2.74. The molecule has 2 aromatic rings. The van der Waals surface area contributed by atoms with Crippen molar-refractivity contribution < 1.29 is 27.1 Å². The Morgan fingerprint density at radius 3 is 2.24 bits per heavy atom. The summed E-state index contributed by atoms with van der Waals surface area (Å²) in [6.45, 7) is 1.11. The molecule has 0 radical (unpaired) electrons. The number of rotatable bonds is 3. The minimum atomic E-state index is -4.61. The largest absolute Gasteiger partial charge is 0.456 e. The SMILES string of the molecule is CC(=O)c1c(F)cccc1Oc1ccccc1C(F)(F)F. The molecule has 0 saturated heterocycles. The van der Waals surface area contributed by atoms with Gasteiger partial charge >= 0.3 is 6.18 Å². The van der Waals surface area contributed by atoms with E-state index in [9.17, 15) is 22.4 Å². The van der Waals surface area contributed by atoms with Gasteiger partial charge in [-0.25, -0.2) is 4.39 Å². The van der Waals surface area contributed by atoms with Gasteiger partial charge in [0, 0.05) is 0 Å². The average molecular weight is 298 g/mol. The molecule has 0 atom stereocenters. The molecule has 0 unspecified atom stereocenters. The van der Waals surface area contributed by atoms with Crippen LogP contribution in [-0.4, -0.2) is 5.78 Å². The lowest BCUT2D eigenvalue weighted by Gasteiger charge is -2.15. The Bertz CT molecular complexity index is 678. The number of benzene rings is 2. The fourth-order valence-corrected chi connectivity index (χ4v) is 1.84. The van der Waals surface area contributed by atoms with E-state index in [-0.39, 0.29) is 11.3 Å². The van der Waals surface area contributed by atoms with Crippen molar-refractivity contribution in [2.45, 2.75) is 13.1 Å². The van der Waals surface area contributed by atoms with Crippen LogP contribution in [0.4, 0.5) is 17.6 Å². The molecule has 0 N–H and O–H groups in total. The molecule has 0 spiro atoms. The second-order valence-corrected chi connectivity index (χ2v) is 4.27. The minimum Gasteiger partial charge on any atom is -0.456 e. The maximum atomic E-state index is 13.6. The van der Waals surface area contributed by atoms with Gasteiger partial charge in [0.25, 0.3) is 0 Å². The zero-order chi connectivity index (χ0) is 15.6. The summed E-state index contributed by atoms with van der Waals surface area (Å²) < 4.78 is 57.3. The highest BCUT2D eigenvalue weighted by Gasteiger charge is 2.34. The number of ether oxygens (including phenoxy) is 1. The van der Waals surface area contributed by atoms with Gasteiger partial charge in [-0.15, -0.1) is 0 Å². The van der Waals surface area contributed by atoms with Crippen LogP contribution < -0.4 is 4.74 Å². The number of alkyl halides is 3. The summed E-state index contributed by atoms with van der Waals surface area (Å²) >= 11 is 0. The van der Waals surface area contributed by atoms with E-state index in [1.54, 1.807) is 0 Å². The predicted octanol–water partition coefficient (Wildman–Crippen LogP) is 4.84. The fraction of sp³-hybridized carbons (Fsp3) is 0.133. The van der Waals surface area contributed by atoms with Crippen LogP contribution in [0.15, 0.2) is 42.5 Å². The van der Waals surface area contributed by atoms with Gasteiger partial charge in [0.05, 0.1) is 11.1 Å². The molecule has 2 aromatic carbocycles. The predicted molar refractivity (Wildman–Crippen MR) is 67.9 cm³/mol. The standard InChI is InChI=1S/C15H10F4O2/c1-9(20)14-11(16)6-4-8-13(14)21-12-7-3-2-5-10(12)15(17,18)19/h2-8H,1H3. The van der Waals surface area contributed by atoms with Crippen LogP contribution in [0.1, 0.15) is 22.8 Å². The van der Waals surface area contributed by atoms with E-state index in [1.165, 1.54) is 24.3 Å². The van der Waals surface area contributed by atoms with Gasteiger partial charge in [-0.05, 0) is 31.2 Å². The van der Waals surface area contributed by atoms with Crippen LogP contribution in [0.25, 0.3) is 0 Å². The molecule has 0 saturated carbocycles. The summed E-state index contributed by atoms with van der Waals surface area (Å²) in [6.07, 6.45) is -4.61. The Hall–Kier alpha value is -2.37. The molecule has 0 aliphatic rings. The quantitative estimate of drug-likeness (QED) is 0.598. The van der Waals surface area contributed by atoms with E-state index in [1.807, 2.05) is 0 Å². The van der Waals surface area contributed by atoms with Gasteiger partial charge in [0.15, 0.2) is 5.78 Å². The van der Waals surface area contributed by atoms with Gasteiger partial charge in [-0.1, -0.05) is 18.2 Å². The summed E-state index contributed by atoms with van der Waals surface area (Å²) in [6, 6.07) is 8.07. The van der Waals surface area contributed by atoms with Crippen LogP contribution in [-0.2, 0) is 6.18 Å². The van der Waals surface area contributed by atoms with E-state index in [0.29, 0.717) is 0 Å². The Kier molecular flexibility index (Phi) is 3.97. The number of hydrogen-bond acceptors (Lipinski definition) is 2. The average Bonchev–Trinajstić information content (AvgIpc) is 2.37. The molecular weight excluding hydrogens is 288 g/mol. The number of carbonyl (C=O) groups excluding carboxylic acids is 1. The van der Waals surface area contributed by atoms with Crippen LogP contribution in [0, 0.1) is 5.82 Å². The molecule has 2 rings (SSSR count). The molecule has 0 aliphatic carbocycles. The molecular formula is C15H10F4O2. The van der Waals surface area contributed by atoms with E-state index in [2.05, 4.69) is 0 Å². The molecule has 0 aromatic heterocycles. The van der Waals surface area contributed by atoms with Crippen molar-refractivity contribution in [1.29, 1.82) is 0 Å². The zero-order valence-corrected chi connectivity index (χ0v) is 10.9. The van der Waals surface area contributed by atoms with Gasteiger partial charge in [-0.3, -0.25) is 4.79 Å². The van der Waals surface area contributed by atoms with E-state index < -0.39 is 29.1 Å². The fourth-order valence-electron chi connectivity index (χ4n) is 1.84. The van der Waals surface area contributed by atoms with Crippen molar-refractivity contribution in [3.8, 4) is 11.5 Å². The first kappa shape index (κ1) is 15.0. The topological polar surface area (TPSA) is 26.3 Å². The van der Waals surface area contributed by atoms with Crippen molar-refractivity contribution in [1.82, 2.24) is 0 Å². The monoisotopic (exact) mass is 298 g/mol. The molecule has 110 valence electrons. The third-order valence-electron chi connectivity index (χ3n) is 2.74. The van der Waals surface area contributed by atoms with Crippen molar-refractivity contribution in [2.24, 2.45) is 0 Å². The zero-order valence-electron chi connectivity index (χ0n) is 10.9. The lowest BCUT2D eigenvalue weighted by atomic mass is 10.1. The summed E-state index contributed by atoms with van der Waals surface area (Å²) in [7, 11) is 0. The van der Waals surface area contributed by atoms with Crippen molar-refractivity contribution in [3.05, 3.63) is 59.4 Å². The second kappa shape index (κ2) is 5.55. The molecule has 21 heavy (non-hydrogen) atoms. The highest BCUT2D eigenvalue weighted by Crippen LogP contribution is 2.38. The highest BCUT2D eigenvalue weighted by molar-refractivity contribution is 5.97. The van der Waals surface area contributed by atoms with Crippen molar-refractivity contribution >= 4 is 5.78 Å². The van der Waals surface area contributed by atoms with E-state index >= 15 is 0 Å². The van der Waals surface area contributed by atoms with Crippen LogP contribution >= 0.6 is 0 Å². The third kappa shape index (κ3) is 3.21. The molecule has 6 heteroatoms. The van der Waals surface area contributed by atoms with Gasteiger partial charge in [0.2, 0.25) is 0 Å². The maximum absolute atomic E-state index is 13.6. The first-order valence-electron chi connectivity index (χ1n) is 5.94. The normalized spacial score (nSPS) is 11.3. The molecule has 0 bridgehead atoms. The number of halogens is 4. The van der Waals surface area contributed by atoms with E-state index in [0.717, 1.165) is 25.1 Å². The van der Waals surface area contributed by atoms with Crippen LogP contribution in [0.3, 0.4) is 0 Å². The molecule has 0 heterocycles. The van der Waals surface area contributed by atoms with Gasteiger partial charge in [-0.2, -0.15) is 13.2 Å². The summed E-state index contributed by atoms with van der Waals surface area (Å²) in [4.78, 5) is 11.4. The van der Waals surface area contributed by atoms with Gasteiger partial charge in [0.1, 0.15) is 17.3 Å². The Labute approximate surface area is 118 Å². The molecule has 0 aliphatic heterocycles. The van der Waals surface area contributed by atoms with Crippen LogP contribution in [0.2, 0.25) is 0 Å². The van der Waals surface area contributed by atoms with E-state index in [4.69, 9.17) is 4.74 Å². The van der Waals surface area contributed by atoms with Crippen molar-refractivity contribution in [2.75, 3.05) is 0 Å². The first-order valence-corrected chi connectivity index (χ1v) is 5.94. The van der Waals surface area contributed by atoms with Gasteiger partial charge < -0.3 is 4.74 Å². The first-order chi connectivity index (χ1) is 9.80. The smallest absolute Gasteiger partial charge is 0.419 e. The number of Topliss-reactive ketones (excluding diaryl/α,β-unsaturated/α-hetero) is 1. The Balaban J connectivity index is 2.50. The number of carbonyl (C=O) groups is 1. The summed E-state index contributed by atoms with van der Waals surface area (Å²) in [5.74, 6) is -2.21. The number of hydrogen-bond donors (Lipinski definition) is 0. The summed E-state index contributed by atoms with van der Waals surface area (Å²) in [5.41, 5.74) is -1.38. The number of para-hydroxylation sites is 1. The highest BCUT2D eigenvalue weighted by atomic mass is 19.4. The Morgan fingerprint density at radius 1 is 1.00 bits per heavy atom. The summed E-state index contributed by atoms with van der Waals surface area (Å²) in [5, 5.41) is 0. The number of ketones is 1. The lowest BCUT2D eigenvalue weighted by molar-refractivity contribution is -0.138. The molecule has 0 amide bonds. The van der Waals surface area contributed by atoms with Crippen molar-refractivity contribution in [3.63, 3.8) is 0 Å². The minimum absolute atomic E-state index is 0.251. The molecule has 0 fully saturated rings. The molecule has 2 nitrogen and oxygen atoms in total. The second-order valence-electron chi connectivity index (χ2n) is 4.27. The lowest BCUT2D eigenvalue weighted by Crippen LogP contribution is -2.08. The maximum Gasteiger partial charge on any atom is 0.419 e.